The summed E-state index contributed by atoms with van der Waals surface area (Å²) in [6, 6.07) is 6.28. The van der Waals surface area contributed by atoms with Crippen LogP contribution >= 0.6 is 0 Å². The number of nitrogens with zero attached hydrogens (tertiary/aromatic N) is 1. The molecule has 1 amide bonds. The number of phenols is 1. The molecule has 0 saturated heterocycles. The van der Waals surface area contributed by atoms with E-state index in [1.165, 1.54) is 17.0 Å². The Kier molecular flexibility index (Phi) is 6.43. The second-order valence-corrected chi connectivity index (χ2v) is 8.35. The molecule has 0 unspecified atom stereocenters. The van der Waals surface area contributed by atoms with Crippen molar-refractivity contribution >= 4 is 23.0 Å². The molecule has 1 atom stereocenters. The first-order valence-corrected chi connectivity index (χ1v) is 10.6. The maximum atomic E-state index is 12.3. The topological polar surface area (TPSA) is 112 Å². The van der Waals surface area contributed by atoms with Crippen molar-refractivity contribution in [1.29, 1.82) is 0 Å². The van der Waals surface area contributed by atoms with E-state index in [-0.39, 0.29) is 40.3 Å². The van der Waals surface area contributed by atoms with Crippen molar-refractivity contribution in [2.45, 2.75) is 46.1 Å². The minimum atomic E-state index is -0.690. The number of benzene rings is 1. The van der Waals surface area contributed by atoms with Crippen LogP contribution in [0.4, 0.5) is 17.1 Å². The van der Waals surface area contributed by atoms with Gasteiger partial charge in [0.2, 0.25) is 0 Å². The van der Waals surface area contributed by atoms with Crippen molar-refractivity contribution in [2.75, 3.05) is 24.7 Å². The molecule has 3 rings (SSSR count). The maximum absolute atomic E-state index is 12.3. The lowest BCUT2D eigenvalue weighted by Gasteiger charge is -2.21. The van der Waals surface area contributed by atoms with E-state index in [1.54, 1.807) is 20.2 Å². The number of amides is 1. The summed E-state index contributed by atoms with van der Waals surface area (Å²) in [4.78, 5) is 38.2. The number of phenolic OH excluding ortho intramolecular Hbond substituents is 1. The van der Waals surface area contributed by atoms with Crippen molar-refractivity contribution < 1.29 is 14.3 Å². The second kappa shape index (κ2) is 8.90. The van der Waals surface area contributed by atoms with Gasteiger partial charge in [-0.25, -0.2) is 0 Å². The van der Waals surface area contributed by atoms with Crippen LogP contribution in [-0.4, -0.2) is 30.0 Å². The lowest BCUT2D eigenvalue weighted by atomic mass is 10.0. The van der Waals surface area contributed by atoms with Crippen molar-refractivity contribution in [3.8, 4) is 5.75 Å². The number of para-hydroxylation sites is 1. The SMILES string of the molecule is CC[C@H](Nc1c(Nc2cccc(C(=O)N(C)C)c2O)c(=O)c1=O)c1cc(C(C)C)c(C)o1. The van der Waals surface area contributed by atoms with Gasteiger partial charge in [-0.2, -0.15) is 0 Å². The van der Waals surface area contributed by atoms with E-state index in [1.807, 2.05) is 19.9 Å². The molecule has 1 aromatic heterocycles. The van der Waals surface area contributed by atoms with Gasteiger partial charge in [0.15, 0.2) is 5.75 Å². The highest BCUT2D eigenvalue weighted by atomic mass is 16.3. The van der Waals surface area contributed by atoms with Crippen LogP contribution in [0.5, 0.6) is 5.75 Å². The summed E-state index contributed by atoms with van der Waals surface area (Å²) >= 11 is 0. The first kappa shape index (κ1) is 23.1. The summed E-state index contributed by atoms with van der Waals surface area (Å²) in [5, 5.41) is 16.5. The summed E-state index contributed by atoms with van der Waals surface area (Å²) in [6.07, 6.45) is 0.626. The molecule has 0 spiro atoms. The normalized spacial score (nSPS) is 12.2. The summed E-state index contributed by atoms with van der Waals surface area (Å²) in [6.45, 7) is 8.01. The molecule has 3 aromatic rings. The molecule has 2 aromatic carbocycles. The average Bonchev–Trinajstić information content (AvgIpc) is 3.15. The Morgan fingerprint density at radius 1 is 1.16 bits per heavy atom. The highest BCUT2D eigenvalue weighted by Gasteiger charge is 2.27. The maximum Gasteiger partial charge on any atom is 0.257 e. The summed E-state index contributed by atoms with van der Waals surface area (Å²) in [7, 11) is 3.15. The monoisotopic (exact) mass is 439 g/mol. The van der Waals surface area contributed by atoms with Crippen LogP contribution in [-0.2, 0) is 0 Å². The fourth-order valence-electron chi connectivity index (χ4n) is 3.65. The van der Waals surface area contributed by atoms with Gasteiger partial charge in [-0.05, 0) is 43.0 Å². The van der Waals surface area contributed by atoms with E-state index in [4.69, 9.17) is 4.42 Å². The molecule has 0 aliphatic rings. The molecule has 0 bridgehead atoms. The van der Waals surface area contributed by atoms with E-state index in [2.05, 4.69) is 24.5 Å². The molecule has 8 nitrogen and oxygen atoms in total. The lowest BCUT2D eigenvalue weighted by Crippen LogP contribution is -2.37. The van der Waals surface area contributed by atoms with Gasteiger partial charge in [-0.3, -0.25) is 14.4 Å². The highest BCUT2D eigenvalue weighted by molar-refractivity contribution is 5.99. The van der Waals surface area contributed by atoms with Crippen LogP contribution in [0, 0.1) is 6.92 Å². The Hall–Kier alpha value is -3.55. The summed E-state index contributed by atoms with van der Waals surface area (Å²) in [5.74, 6) is 1.14. The molecule has 170 valence electrons. The Morgan fingerprint density at radius 3 is 2.38 bits per heavy atom. The van der Waals surface area contributed by atoms with E-state index in [0.29, 0.717) is 18.1 Å². The number of hydrogen-bond acceptors (Lipinski definition) is 7. The fourth-order valence-corrected chi connectivity index (χ4v) is 3.65. The third-order valence-corrected chi connectivity index (χ3v) is 5.51. The fraction of sp³-hybridized carbons (Fsp3) is 0.375. The van der Waals surface area contributed by atoms with Crippen LogP contribution in [0.1, 0.15) is 66.6 Å². The van der Waals surface area contributed by atoms with E-state index >= 15 is 0 Å². The van der Waals surface area contributed by atoms with Crippen LogP contribution < -0.4 is 21.5 Å². The zero-order valence-electron chi connectivity index (χ0n) is 19.2. The van der Waals surface area contributed by atoms with Crippen LogP contribution in [0.15, 0.2) is 38.3 Å². The highest BCUT2D eigenvalue weighted by Crippen LogP contribution is 2.34. The first-order chi connectivity index (χ1) is 15.1. The number of furan rings is 1. The molecule has 0 aliphatic carbocycles. The molecular formula is C24H29N3O5. The zero-order valence-corrected chi connectivity index (χ0v) is 19.2. The van der Waals surface area contributed by atoms with E-state index < -0.39 is 10.9 Å². The minimum Gasteiger partial charge on any atom is -0.505 e. The number of nitrogens with one attached hydrogen (secondary N) is 2. The van der Waals surface area contributed by atoms with Crippen molar-refractivity contribution in [1.82, 2.24) is 4.90 Å². The number of carbonyl (C=O) groups is 1. The number of aromatic hydroxyl groups is 1. The van der Waals surface area contributed by atoms with Gasteiger partial charge >= 0.3 is 0 Å². The molecule has 0 fully saturated rings. The van der Waals surface area contributed by atoms with Gasteiger partial charge in [-0.1, -0.05) is 26.8 Å². The predicted octanol–water partition coefficient (Wildman–Crippen LogP) is 4.02. The number of carbonyl (C=O) groups excluding carboxylic acids is 1. The average molecular weight is 440 g/mol. The number of aryl methyl sites for hydroxylation is 1. The predicted molar refractivity (Wildman–Crippen MR) is 125 cm³/mol. The van der Waals surface area contributed by atoms with Crippen LogP contribution in [0.2, 0.25) is 0 Å². The van der Waals surface area contributed by atoms with Crippen molar-refractivity contribution in [3.05, 3.63) is 67.4 Å². The van der Waals surface area contributed by atoms with Gasteiger partial charge in [0.25, 0.3) is 16.8 Å². The minimum absolute atomic E-state index is 0.0468. The van der Waals surface area contributed by atoms with E-state index in [9.17, 15) is 19.5 Å². The second-order valence-electron chi connectivity index (χ2n) is 8.35. The summed E-state index contributed by atoms with van der Waals surface area (Å²) in [5.41, 5.74) is 0.193. The number of rotatable bonds is 8. The third kappa shape index (κ3) is 4.12. The quantitative estimate of drug-likeness (QED) is 0.359. The van der Waals surface area contributed by atoms with Gasteiger partial charge in [0, 0.05) is 14.1 Å². The zero-order chi connectivity index (χ0) is 23.7. The Labute approximate surface area is 186 Å². The van der Waals surface area contributed by atoms with Gasteiger partial charge in [0.05, 0.1) is 17.3 Å². The van der Waals surface area contributed by atoms with Gasteiger partial charge < -0.3 is 25.1 Å². The molecule has 0 saturated carbocycles. The summed E-state index contributed by atoms with van der Waals surface area (Å²) < 4.78 is 5.91. The molecule has 3 N–H and O–H groups in total. The molecule has 0 aliphatic heterocycles. The van der Waals surface area contributed by atoms with Crippen LogP contribution in [0.3, 0.4) is 0 Å². The van der Waals surface area contributed by atoms with E-state index in [0.717, 1.165) is 11.3 Å². The van der Waals surface area contributed by atoms with Gasteiger partial charge in [0.1, 0.15) is 22.9 Å². The number of anilines is 3. The molecule has 8 heteroatoms. The van der Waals surface area contributed by atoms with Gasteiger partial charge in [-0.15, -0.1) is 0 Å². The lowest BCUT2D eigenvalue weighted by molar-refractivity contribution is 0.0824. The Bertz CT molecular complexity index is 1220. The Balaban J connectivity index is 1.91. The smallest absolute Gasteiger partial charge is 0.257 e. The third-order valence-electron chi connectivity index (χ3n) is 5.51. The van der Waals surface area contributed by atoms with Crippen LogP contribution in [0.25, 0.3) is 0 Å². The number of hydrogen-bond donors (Lipinski definition) is 3. The van der Waals surface area contributed by atoms with Crippen molar-refractivity contribution in [3.63, 3.8) is 0 Å². The largest absolute Gasteiger partial charge is 0.505 e. The molecular weight excluding hydrogens is 410 g/mol. The standard InChI is InChI=1S/C24H29N3O5/c1-7-16(18-11-15(12(2)3)13(4)32-18)25-19-20(23(30)22(19)29)26-17-10-8-9-14(21(17)28)24(31)27(5)6/h8-12,16,25-26,28H,7H2,1-6H3/t16-/m0/s1. The molecule has 1 heterocycles. The molecule has 32 heavy (non-hydrogen) atoms. The van der Waals surface area contributed by atoms with Crippen molar-refractivity contribution in [2.24, 2.45) is 0 Å². The first-order valence-electron chi connectivity index (χ1n) is 10.6. The molecule has 0 radical (unpaired) electrons. The Morgan fingerprint density at radius 2 is 1.81 bits per heavy atom.